The maximum Gasteiger partial charge on any atom is 0.256 e. The Kier molecular flexibility index (Phi) is 5.43. The van der Waals surface area contributed by atoms with Crippen molar-refractivity contribution >= 4 is 11.8 Å². The molecule has 2 fully saturated rings. The van der Waals surface area contributed by atoms with E-state index < -0.39 is 0 Å². The minimum Gasteiger partial charge on any atom is -0.342 e. The maximum atomic E-state index is 12.6. The van der Waals surface area contributed by atoms with E-state index in [1.165, 1.54) is 6.42 Å². The predicted molar refractivity (Wildman–Crippen MR) is 90.5 cm³/mol. The maximum absolute atomic E-state index is 12.6. The molecule has 0 atom stereocenters. The summed E-state index contributed by atoms with van der Waals surface area (Å²) < 4.78 is 0. The predicted octanol–water partition coefficient (Wildman–Crippen LogP) is 1.90. The lowest BCUT2D eigenvalue weighted by atomic mass is 9.94. The molecule has 1 aromatic heterocycles. The van der Waals surface area contributed by atoms with Gasteiger partial charge in [-0.25, -0.2) is 9.97 Å². The summed E-state index contributed by atoms with van der Waals surface area (Å²) in [6.07, 6.45) is 8.98. The van der Waals surface area contributed by atoms with E-state index >= 15 is 0 Å². The summed E-state index contributed by atoms with van der Waals surface area (Å²) in [5, 5.41) is 0. The smallest absolute Gasteiger partial charge is 0.256 e. The number of aryl methyl sites for hydroxylation is 1. The van der Waals surface area contributed by atoms with E-state index in [0.717, 1.165) is 51.0 Å². The number of hydrogen-bond acceptors (Lipinski definition) is 4. The molecule has 2 saturated heterocycles. The molecule has 0 radical (unpaired) electrons. The molecule has 3 heterocycles. The molecule has 24 heavy (non-hydrogen) atoms. The van der Waals surface area contributed by atoms with Gasteiger partial charge in [-0.05, 0) is 32.1 Å². The first-order chi connectivity index (χ1) is 11.7. The van der Waals surface area contributed by atoms with Gasteiger partial charge in [-0.1, -0.05) is 6.92 Å². The second-order valence-corrected chi connectivity index (χ2v) is 6.69. The summed E-state index contributed by atoms with van der Waals surface area (Å²) in [5.74, 6) is 1.09. The van der Waals surface area contributed by atoms with Crippen molar-refractivity contribution in [2.45, 2.75) is 45.4 Å². The van der Waals surface area contributed by atoms with Crippen LogP contribution in [0.5, 0.6) is 0 Å². The number of piperidine rings is 2. The zero-order valence-electron chi connectivity index (χ0n) is 14.4. The van der Waals surface area contributed by atoms with E-state index in [-0.39, 0.29) is 17.7 Å². The van der Waals surface area contributed by atoms with Crippen molar-refractivity contribution in [1.82, 2.24) is 19.8 Å². The van der Waals surface area contributed by atoms with Crippen LogP contribution in [-0.2, 0) is 11.2 Å². The third kappa shape index (κ3) is 3.74. The Morgan fingerprint density at radius 1 is 1.00 bits per heavy atom. The lowest BCUT2D eigenvalue weighted by Gasteiger charge is -2.35. The van der Waals surface area contributed by atoms with Gasteiger partial charge in [0.15, 0.2) is 0 Å². The van der Waals surface area contributed by atoms with Gasteiger partial charge in [0.2, 0.25) is 5.91 Å². The van der Waals surface area contributed by atoms with E-state index in [0.29, 0.717) is 18.7 Å². The van der Waals surface area contributed by atoms with Gasteiger partial charge < -0.3 is 9.80 Å². The Morgan fingerprint density at radius 3 is 2.21 bits per heavy atom. The van der Waals surface area contributed by atoms with E-state index in [9.17, 15) is 9.59 Å². The van der Waals surface area contributed by atoms with Crippen LogP contribution in [0.1, 0.15) is 55.2 Å². The molecule has 0 bridgehead atoms. The first kappa shape index (κ1) is 16.9. The highest BCUT2D eigenvalue weighted by Gasteiger charge is 2.31. The third-order valence-corrected chi connectivity index (χ3v) is 5.07. The quantitative estimate of drug-likeness (QED) is 0.849. The average molecular weight is 330 g/mol. The summed E-state index contributed by atoms with van der Waals surface area (Å²) in [6, 6.07) is 0. The highest BCUT2D eigenvalue weighted by atomic mass is 16.2. The van der Waals surface area contributed by atoms with E-state index in [2.05, 4.69) is 9.97 Å². The molecule has 2 aliphatic heterocycles. The number of hydrogen-bond donors (Lipinski definition) is 0. The van der Waals surface area contributed by atoms with Crippen molar-refractivity contribution in [3.05, 3.63) is 23.8 Å². The van der Waals surface area contributed by atoms with Crippen LogP contribution in [0.4, 0.5) is 0 Å². The van der Waals surface area contributed by atoms with Crippen LogP contribution in [0.2, 0.25) is 0 Å². The summed E-state index contributed by atoms with van der Waals surface area (Å²) in [7, 11) is 0. The fourth-order valence-corrected chi connectivity index (χ4v) is 3.53. The van der Waals surface area contributed by atoms with Crippen molar-refractivity contribution in [3.63, 3.8) is 0 Å². The Hall–Kier alpha value is -1.98. The van der Waals surface area contributed by atoms with E-state index in [1.807, 2.05) is 16.7 Å². The second-order valence-electron chi connectivity index (χ2n) is 6.69. The summed E-state index contributed by atoms with van der Waals surface area (Å²) in [6.45, 7) is 5.07. The molecule has 1 aromatic rings. The topological polar surface area (TPSA) is 66.4 Å². The van der Waals surface area contributed by atoms with Gasteiger partial charge in [0.25, 0.3) is 5.91 Å². The standard InChI is InChI=1S/C18H26N4O2/c1-2-16-19-12-15(13-20-16)18(24)22-10-6-14(7-11-22)17(23)21-8-4-3-5-9-21/h12-14H,2-11H2,1H3. The lowest BCUT2D eigenvalue weighted by molar-refractivity contribution is -0.137. The number of rotatable bonds is 3. The molecule has 6 nitrogen and oxygen atoms in total. The molecular weight excluding hydrogens is 304 g/mol. The Morgan fingerprint density at radius 2 is 1.62 bits per heavy atom. The molecule has 130 valence electrons. The number of carbonyl (C=O) groups is 2. The molecule has 0 N–H and O–H groups in total. The number of nitrogens with zero attached hydrogens (tertiary/aromatic N) is 4. The second kappa shape index (κ2) is 7.73. The van der Waals surface area contributed by atoms with Crippen molar-refractivity contribution in [3.8, 4) is 0 Å². The Bertz CT molecular complexity index is 573. The van der Waals surface area contributed by atoms with Crippen LogP contribution in [0.3, 0.4) is 0 Å². The van der Waals surface area contributed by atoms with Crippen LogP contribution in [0.15, 0.2) is 12.4 Å². The van der Waals surface area contributed by atoms with Gasteiger partial charge in [0.1, 0.15) is 5.82 Å². The molecule has 0 saturated carbocycles. The highest BCUT2D eigenvalue weighted by Crippen LogP contribution is 2.22. The monoisotopic (exact) mass is 330 g/mol. The molecule has 3 rings (SSSR count). The zero-order valence-corrected chi connectivity index (χ0v) is 14.4. The summed E-state index contributed by atoms with van der Waals surface area (Å²) >= 11 is 0. The van der Waals surface area contributed by atoms with Crippen molar-refractivity contribution in [2.24, 2.45) is 5.92 Å². The normalized spacial score (nSPS) is 19.4. The fourth-order valence-electron chi connectivity index (χ4n) is 3.53. The molecular formula is C18H26N4O2. The molecule has 6 heteroatoms. The van der Waals surface area contributed by atoms with Gasteiger partial charge in [0, 0.05) is 50.9 Å². The minimum atomic E-state index is -0.0264. The van der Waals surface area contributed by atoms with Crippen LogP contribution < -0.4 is 0 Å². The summed E-state index contributed by atoms with van der Waals surface area (Å²) in [5.41, 5.74) is 0.535. The Balaban J connectivity index is 1.54. The molecule has 0 unspecified atom stereocenters. The SMILES string of the molecule is CCc1ncc(C(=O)N2CCC(C(=O)N3CCCCC3)CC2)cn1. The fraction of sp³-hybridized carbons (Fsp3) is 0.667. The number of likely N-dealkylation sites (tertiary alicyclic amines) is 2. The molecule has 2 aliphatic rings. The third-order valence-electron chi connectivity index (χ3n) is 5.07. The molecule has 2 amide bonds. The lowest BCUT2D eigenvalue weighted by Crippen LogP contribution is -2.45. The zero-order chi connectivity index (χ0) is 16.9. The van der Waals surface area contributed by atoms with Gasteiger partial charge in [0.05, 0.1) is 5.56 Å². The van der Waals surface area contributed by atoms with E-state index in [4.69, 9.17) is 0 Å². The van der Waals surface area contributed by atoms with Crippen LogP contribution in [-0.4, -0.2) is 57.8 Å². The van der Waals surface area contributed by atoms with Gasteiger partial charge >= 0.3 is 0 Å². The van der Waals surface area contributed by atoms with Gasteiger partial charge in [-0.3, -0.25) is 9.59 Å². The van der Waals surface area contributed by atoms with Crippen LogP contribution in [0, 0.1) is 5.92 Å². The Labute approximate surface area is 143 Å². The molecule has 0 spiro atoms. The molecule has 0 aromatic carbocycles. The number of aromatic nitrogens is 2. The first-order valence-corrected chi connectivity index (χ1v) is 9.08. The van der Waals surface area contributed by atoms with Crippen LogP contribution >= 0.6 is 0 Å². The highest BCUT2D eigenvalue weighted by molar-refractivity contribution is 5.93. The van der Waals surface area contributed by atoms with Crippen molar-refractivity contribution in [2.75, 3.05) is 26.2 Å². The largest absolute Gasteiger partial charge is 0.342 e. The number of amides is 2. The van der Waals surface area contributed by atoms with Gasteiger partial charge in [-0.15, -0.1) is 0 Å². The van der Waals surface area contributed by atoms with Gasteiger partial charge in [-0.2, -0.15) is 0 Å². The number of carbonyl (C=O) groups excluding carboxylic acids is 2. The molecule has 0 aliphatic carbocycles. The summed E-state index contributed by atoms with van der Waals surface area (Å²) in [4.78, 5) is 37.3. The van der Waals surface area contributed by atoms with E-state index in [1.54, 1.807) is 12.4 Å². The van der Waals surface area contributed by atoms with Crippen LogP contribution in [0.25, 0.3) is 0 Å². The van der Waals surface area contributed by atoms with Crippen molar-refractivity contribution < 1.29 is 9.59 Å². The minimum absolute atomic E-state index is 0.0264. The average Bonchev–Trinajstić information content (AvgIpc) is 2.68. The van der Waals surface area contributed by atoms with Crippen molar-refractivity contribution in [1.29, 1.82) is 0 Å². The first-order valence-electron chi connectivity index (χ1n) is 9.08.